The first kappa shape index (κ1) is 22.5. The van der Waals surface area contributed by atoms with E-state index in [1.54, 1.807) is 32.4 Å². The average Bonchev–Trinajstić information content (AvgIpc) is 2.67. The van der Waals surface area contributed by atoms with Gasteiger partial charge in [-0.2, -0.15) is 0 Å². The van der Waals surface area contributed by atoms with Crippen LogP contribution in [-0.2, 0) is 6.54 Å². The lowest BCUT2D eigenvalue weighted by atomic mass is 10.2. The molecule has 0 amide bonds. The van der Waals surface area contributed by atoms with Crippen molar-refractivity contribution in [2.45, 2.75) is 6.54 Å². The van der Waals surface area contributed by atoms with E-state index < -0.39 is 4.92 Å². The number of para-hydroxylation sites is 3. The molecule has 0 fully saturated rings. The van der Waals surface area contributed by atoms with Crippen molar-refractivity contribution < 1.29 is 9.66 Å². The summed E-state index contributed by atoms with van der Waals surface area (Å²) in [6.07, 6.45) is 0. The van der Waals surface area contributed by atoms with Crippen molar-refractivity contribution >= 4 is 41.3 Å². The lowest BCUT2D eigenvalue weighted by Crippen LogP contribution is -2.39. The van der Waals surface area contributed by atoms with E-state index in [0.29, 0.717) is 31.3 Å². The smallest absolute Gasteiger partial charge is 0.292 e. The van der Waals surface area contributed by atoms with Gasteiger partial charge in [0.15, 0.2) is 5.96 Å². The number of aliphatic imine (C=N–C) groups is 1. The molecule has 2 rings (SSSR count). The summed E-state index contributed by atoms with van der Waals surface area (Å²) < 4.78 is 5.32. The molecule has 0 radical (unpaired) electrons. The first-order chi connectivity index (χ1) is 12.7. The van der Waals surface area contributed by atoms with Gasteiger partial charge in [0.2, 0.25) is 0 Å². The number of ether oxygens (including phenoxy) is 1. The molecule has 3 N–H and O–H groups in total. The van der Waals surface area contributed by atoms with E-state index in [0.717, 1.165) is 11.3 Å². The maximum absolute atomic E-state index is 11.0. The van der Waals surface area contributed by atoms with Gasteiger partial charge in [0.05, 0.1) is 12.0 Å². The SMILES string of the molecule is CN=C(NCCNc1ccccc1[N+](=O)[O-])NCc1ccccc1OC.I. The molecule has 2 aromatic carbocycles. The number of rotatable bonds is 8. The summed E-state index contributed by atoms with van der Waals surface area (Å²) in [6.45, 7) is 1.64. The van der Waals surface area contributed by atoms with Gasteiger partial charge in [-0.3, -0.25) is 15.1 Å². The van der Waals surface area contributed by atoms with E-state index in [4.69, 9.17) is 4.74 Å². The van der Waals surface area contributed by atoms with Gasteiger partial charge in [-0.25, -0.2) is 0 Å². The van der Waals surface area contributed by atoms with Crippen LogP contribution in [-0.4, -0.2) is 38.1 Å². The van der Waals surface area contributed by atoms with Gasteiger partial charge in [0, 0.05) is 38.3 Å². The Balaban J connectivity index is 0.00000364. The Hall–Kier alpha value is -2.56. The molecule has 9 heteroatoms. The van der Waals surface area contributed by atoms with Crippen LogP contribution in [0.25, 0.3) is 0 Å². The number of halogens is 1. The minimum absolute atomic E-state index is 0. The van der Waals surface area contributed by atoms with Gasteiger partial charge in [-0.1, -0.05) is 30.3 Å². The summed E-state index contributed by atoms with van der Waals surface area (Å²) in [6, 6.07) is 14.3. The van der Waals surface area contributed by atoms with Crippen molar-refractivity contribution in [3.05, 3.63) is 64.2 Å². The van der Waals surface area contributed by atoms with Crippen LogP contribution in [0.4, 0.5) is 11.4 Å². The zero-order chi connectivity index (χ0) is 18.8. The molecular formula is C18H24IN5O3. The molecule has 0 heterocycles. The van der Waals surface area contributed by atoms with Gasteiger partial charge < -0.3 is 20.7 Å². The Morgan fingerprint density at radius 3 is 2.52 bits per heavy atom. The molecular weight excluding hydrogens is 461 g/mol. The molecule has 0 aromatic heterocycles. The van der Waals surface area contributed by atoms with E-state index in [1.807, 2.05) is 24.3 Å². The van der Waals surface area contributed by atoms with Gasteiger partial charge in [0.1, 0.15) is 11.4 Å². The summed E-state index contributed by atoms with van der Waals surface area (Å²) in [5.41, 5.74) is 1.58. The second-order valence-electron chi connectivity index (χ2n) is 5.37. The van der Waals surface area contributed by atoms with Crippen LogP contribution in [0.1, 0.15) is 5.56 Å². The van der Waals surface area contributed by atoms with Crippen LogP contribution in [0.3, 0.4) is 0 Å². The molecule has 146 valence electrons. The van der Waals surface area contributed by atoms with Crippen molar-refractivity contribution in [1.82, 2.24) is 10.6 Å². The third kappa shape index (κ3) is 6.93. The van der Waals surface area contributed by atoms with Crippen LogP contribution in [0, 0.1) is 10.1 Å². The summed E-state index contributed by atoms with van der Waals surface area (Å²) in [4.78, 5) is 14.8. The van der Waals surface area contributed by atoms with Gasteiger partial charge >= 0.3 is 0 Å². The number of nitro groups is 1. The van der Waals surface area contributed by atoms with E-state index in [1.165, 1.54) is 6.07 Å². The summed E-state index contributed by atoms with van der Waals surface area (Å²) in [5, 5.41) is 20.4. The molecule has 0 saturated heterocycles. The zero-order valence-electron chi connectivity index (χ0n) is 15.3. The fourth-order valence-corrected chi connectivity index (χ4v) is 2.41. The lowest BCUT2D eigenvalue weighted by Gasteiger charge is -2.14. The summed E-state index contributed by atoms with van der Waals surface area (Å²) >= 11 is 0. The van der Waals surface area contributed by atoms with Crippen LogP contribution >= 0.6 is 24.0 Å². The van der Waals surface area contributed by atoms with E-state index in [9.17, 15) is 10.1 Å². The fourth-order valence-electron chi connectivity index (χ4n) is 2.41. The van der Waals surface area contributed by atoms with Gasteiger partial charge in [-0.15, -0.1) is 24.0 Å². The van der Waals surface area contributed by atoms with E-state index in [-0.39, 0.29) is 29.7 Å². The molecule has 8 nitrogen and oxygen atoms in total. The third-order valence-corrected chi connectivity index (χ3v) is 3.70. The first-order valence-corrected chi connectivity index (χ1v) is 8.19. The number of hydrogen-bond donors (Lipinski definition) is 3. The predicted octanol–water partition coefficient (Wildman–Crippen LogP) is 3.00. The molecule has 0 saturated carbocycles. The highest BCUT2D eigenvalue weighted by Gasteiger charge is 2.11. The number of anilines is 1. The normalized spacial score (nSPS) is 10.5. The molecule has 0 aliphatic rings. The number of nitro benzene ring substituents is 1. The monoisotopic (exact) mass is 485 g/mol. The Morgan fingerprint density at radius 1 is 1.11 bits per heavy atom. The van der Waals surface area contributed by atoms with E-state index >= 15 is 0 Å². The zero-order valence-corrected chi connectivity index (χ0v) is 17.6. The number of methoxy groups -OCH3 is 1. The first-order valence-electron chi connectivity index (χ1n) is 8.19. The largest absolute Gasteiger partial charge is 0.496 e. The summed E-state index contributed by atoms with van der Waals surface area (Å²) in [7, 11) is 3.33. The minimum atomic E-state index is -0.399. The number of nitrogens with zero attached hydrogens (tertiary/aromatic N) is 2. The molecule has 2 aromatic rings. The van der Waals surface area contributed by atoms with Crippen molar-refractivity contribution in [2.24, 2.45) is 4.99 Å². The average molecular weight is 485 g/mol. The Labute approximate surface area is 175 Å². The molecule has 0 aliphatic heterocycles. The maximum Gasteiger partial charge on any atom is 0.292 e. The number of nitrogens with one attached hydrogen (secondary N) is 3. The second-order valence-corrected chi connectivity index (χ2v) is 5.37. The Bertz CT molecular complexity index is 770. The molecule has 0 spiro atoms. The maximum atomic E-state index is 11.0. The van der Waals surface area contributed by atoms with Crippen molar-refractivity contribution in [2.75, 3.05) is 32.6 Å². The van der Waals surface area contributed by atoms with Gasteiger partial charge in [0.25, 0.3) is 5.69 Å². The predicted molar refractivity (Wildman–Crippen MR) is 118 cm³/mol. The Kier molecular flexibility index (Phi) is 9.94. The molecule has 0 bridgehead atoms. The third-order valence-electron chi connectivity index (χ3n) is 3.70. The van der Waals surface area contributed by atoms with Crippen LogP contribution < -0.4 is 20.7 Å². The highest BCUT2D eigenvalue weighted by Crippen LogP contribution is 2.22. The lowest BCUT2D eigenvalue weighted by molar-refractivity contribution is -0.384. The second kappa shape index (κ2) is 11.9. The van der Waals surface area contributed by atoms with Crippen LogP contribution in [0.2, 0.25) is 0 Å². The van der Waals surface area contributed by atoms with E-state index in [2.05, 4.69) is 20.9 Å². The molecule has 27 heavy (non-hydrogen) atoms. The quantitative estimate of drug-likeness (QED) is 0.133. The molecule has 0 unspecified atom stereocenters. The minimum Gasteiger partial charge on any atom is -0.496 e. The number of hydrogen-bond acceptors (Lipinski definition) is 5. The topological polar surface area (TPSA) is 101 Å². The van der Waals surface area contributed by atoms with Crippen molar-refractivity contribution in [3.63, 3.8) is 0 Å². The van der Waals surface area contributed by atoms with Gasteiger partial charge in [-0.05, 0) is 12.1 Å². The van der Waals surface area contributed by atoms with Crippen LogP contribution in [0.15, 0.2) is 53.5 Å². The number of guanidine groups is 1. The molecule has 0 aliphatic carbocycles. The standard InChI is InChI=1S/C18H23N5O3.HI/c1-19-18(22-13-14-7-3-6-10-17(14)26-2)21-12-11-20-15-8-4-5-9-16(15)23(24)25;/h3-10,20H,11-13H2,1-2H3,(H2,19,21,22);1H. The fraction of sp³-hybridized carbons (Fsp3) is 0.278. The highest BCUT2D eigenvalue weighted by molar-refractivity contribution is 14.0. The van der Waals surface area contributed by atoms with Crippen LogP contribution in [0.5, 0.6) is 5.75 Å². The summed E-state index contributed by atoms with van der Waals surface area (Å²) in [5.74, 6) is 1.45. The number of benzene rings is 2. The Morgan fingerprint density at radius 2 is 1.81 bits per heavy atom. The highest BCUT2D eigenvalue weighted by atomic mass is 127. The van der Waals surface area contributed by atoms with Crippen molar-refractivity contribution in [1.29, 1.82) is 0 Å². The molecule has 0 atom stereocenters. The van der Waals surface area contributed by atoms with Crippen molar-refractivity contribution in [3.8, 4) is 5.75 Å².